The maximum Gasteiger partial charge on any atom is 0.330 e. The Balaban J connectivity index is 2.56. The van der Waals surface area contributed by atoms with Gasteiger partial charge in [-0.2, -0.15) is 0 Å². The summed E-state index contributed by atoms with van der Waals surface area (Å²) in [4.78, 5) is 25.0. The molecule has 1 atom stereocenters. The average Bonchev–Trinajstić information content (AvgIpc) is 2.34. The zero-order valence-corrected chi connectivity index (χ0v) is 11.2. The SMILES string of the molecule is COC(c1ccccc1Br)n1ccc(=O)[nH]c1=O. The lowest BCUT2D eigenvalue weighted by molar-refractivity contribution is 0.0737. The monoisotopic (exact) mass is 310 g/mol. The molecular weight excluding hydrogens is 300 g/mol. The fourth-order valence-corrected chi connectivity index (χ4v) is 2.16. The smallest absolute Gasteiger partial charge is 0.330 e. The second-order valence-electron chi connectivity index (χ2n) is 3.63. The van der Waals surface area contributed by atoms with Gasteiger partial charge in [0.2, 0.25) is 0 Å². The number of methoxy groups -OCH3 is 1. The van der Waals surface area contributed by atoms with Gasteiger partial charge in [-0.3, -0.25) is 14.3 Å². The first-order chi connectivity index (χ1) is 8.63. The fraction of sp³-hybridized carbons (Fsp3) is 0.167. The molecular formula is C12H11BrN2O3. The molecule has 2 rings (SSSR count). The molecule has 2 aromatic rings. The van der Waals surface area contributed by atoms with Gasteiger partial charge in [0, 0.05) is 29.4 Å². The van der Waals surface area contributed by atoms with E-state index in [1.807, 2.05) is 24.3 Å². The van der Waals surface area contributed by atoms with E-state index < -0.39 is 17.5 Å². The third-order valence-electron chi connectivity index (χ3n) is 2.50. The average molecular weight is 311 g/mol. The predicted molar refractivity (Wildman–Crippen MR) is 70.6 cm³/mol. The van der Waals surface area contributed by atoms with Crippen molar-refractivity contribution in [2.75, 3.05) is 7.11 Å². The van der Waals surface area contributed by atoms with E-state index in [2.05, 4.69) is 20.9 Å². The fourth-order valence-electron chi connectivity index (χ4n) is 1.68. The molecule has 5 nitrogen and oxygen atoms in total. The van der Waals surface area contributed by atoms with Crippen molar-refractivity contribution >= 4 is 15.9 Å². The van der Waals surface area contributed by atoms with Crippen molar-refractivity contribution in [3.8, 4) is 0 Å². The van der Waals surface area contributed by atoms with Crippen molar-refractivity contribution in [2.45, 2.75) is 6.23 Å². The van der Waals surface area contributed by atoms with Crippen LogP contribution in [0.15, 0.2) is 50.6 Å². The Morgan fingerprint density at radius 1 is 1.28 bits per heavy atom. The first-order valence-electron chi connectivity index (χ1n) is 5.22. The van der Waals surface area contributed by atoms with Crippen LogP contribution in [-0.2, 0) is 4.74 Å². The van der Waals surface area contributed by atoms with E-state index in [0.29, 0.717) is 0 Å². The molecule has 1 aromatic heterocycles. The van der Waals surface area contributed by atoms with Crippen molar-refractivity contribution in [1.29, 1.82) is 0 Å². The summed E-state index contributed by atoms with van der Waals surface area (Å²) in [6, 6.07) is 8.71. The summed E-state index contributed by atoms with van der Waals surface area (Å²) in [7, 11) is 1.50. The van der Waals surface area contributed by atoms with E-state index in [1.165, 1.54) is 23.9 Å². The van der Waals surface area contributed by atoms with Gasteiger partial charge in [0.1, 0.15) is 0 Å². The number of aromatic nitrogens is 2. The number of H-pyrrole nitrogens is 1. The van der Waals surface area contributed by atoms with Crippen LogP contribution in [-0.4, -0.2) is 16.7 Å². The molecule has 0 amide bonds. The summed E-state index contributed by atoms with van der Waals surface area (Å²) >= 11 is 3.41. The Hall–Kier alpha value is -1.66. The molecule has 0 aliphatic heterocycles. The van der Waals surface area contributed by atoms with Gasteiger partial charge in [-0.1, -0.05) is 34.1 Å². The van der Waals surface area contributed by atoms with Gasteiger partial charge in [0.15, 0.2) is 6.23 Å². The van der Waals surface area contributed by atoms with Crippen LogP contribution in [0.1, 0.15) is 11.8 Å². The lowest BCUT2D eigenvalue weighted by Gasteiger charge is -2.19. The number of hydrogen-bond acceptors (Lipinski definition) is 3. The maximum atomic E-state index is 11.7. The topological polar surface area (TPSA) is 64.1 Å². The first kappa shape index (κ1) is 12.8. The van der Waals surface area contributed by atoms with Crippen molar-refractivity contribution in [3.05, 3.63) is 67.4 Å². The van der Waals surface area contributed by atoms with Crippen LogP contribution in [0.3, 0.4) is 0 Å². The van der Waals surface area contributed by atoms with Crippen molar-refractivity contribution in [1.82, 2.24) is 9.55 Å². The molecule has 0 radical (unpaired) electrons. The molecule has 1 aromatic carbocycles. The first-order valence-corrected chi connectivity index (χ1v) is 6.01. The van der Waals surface area contributed by atoms with Crippen LogP contribution in [0.2, 0.25) is 0 Å². The number of ether oxygens (including phenoxy) is 1. The summed E-state index contributed by atoms with van der Waals surface area (Å²) in [5.74, 6) is 0. The van der Waals surface area contributed by atoms with Crippen LogP contribution < -0.4 is 11.2 Å². The number of nitrogens with zero attached hydrogens (tertiary/aromatic N) is 1. The molecule has 1 unspecified atom stereocenters. The Morgan fingerprint density at radius 2 is 2.00 bits per heavy atom. The Bertz CT molecular complexity index is 663. The number of benzene rings is 1. The van der Waals surface area contributed by atoms with E-state index in [0.717, 1.165) is 10.0 Å². The van der Waals surface area contributed by atoms with E-state index in [1.54, 1.807) is 0 Å². The van der Waals surface area contributed by atoms with Crippen LogP contribution in [0.5, 0.6) is 0 Å². The van der Waals surface area contributed by atoms with Gasteiger partial charge in [0.25, 0.3) is 5.56 Å². The third-order valence-corrected chi connectivity index (χ3v) is 3.22. The zero-order valence-electron chi connectivity index (χ0n) is 9.59. The highest BCUT2D eigenvalue weighted by Gasteiger charge is 2.16. The quantitative estimate of drug-likeness (QED) is 0.934. The highest BCUT2D eigenvalue weighted by atomic mass is 79.9. The number of halogens is 1. The molecule has 0 saturated heterocycles. The summed E-state index contributed by atoms with van der Waals surface area (Å²) in [6.07, 6.45) is 0.819. The van der Waals surface area contributed by atoms with Gasteiger partial charge in [-0.25, -0.2) is 4.79 Å². The Kier molecular flexibility index (Phi) is 3.78. The highest BCUT2D eigenvalue weighted by Crippen LogP contribution is 2.25. The van der Waals surface area contributed by atoms with Crippen LogP contribution in [0, 0.1) is 0 Å². The molecule has 0 fully saturated rings. The number of nitrogens with one attached hydrogen (secondary N) is 1. The summed E-state index contributed by atoms with van der Waals surface area (Å²) in [6.45, 7) is 0. The summed E-state index contributed by atoms with van der Waals surface area (Å²) < 4.78 is 7.48. The van der Waals surface area contributed by atoms with Gasteiger partial charge in [-0.15, -0.1) is 0 Å². The Labute approximate surface area is 111 Å². The van der Waals surface area contributed by atoms with Gasteiger partial charge in [-0.05, 0) is 6.07 Å². The molecule has 0 bridgehead atoms. The highest BCUT2D eigenvalue weighted by molar-refractivity contribution is 9.10. The van der Waals surface area contributed by atoms with Gasteiger partial charge in [0.05, 0.1) is 0 Å². The third kappa shape index (κ3) is 2.44. The standard InChI is InChI=1S/C12H11BrN2O3/c1-18-11(8-4-2-3-5-9(8)13)15-7-6-10(16)14-12(15)17/h2-7,11H,1H3,(H,14,16,17). The zero-order chi connectivity index (χ0) is 13.1. The lowest BCUT2D eigenvalue weighted by Crippen LogP contribution is -2.32. The minimum absolute atomic E-state index is 0.432. The van der Waals surface area contributed by atoms with E-state index >= 15 is 0 Å². The molecule has 0 saturated carbocycles. The lowest BCUT2D eigenvalue weighted by atomic mass is 10.2. The normalized spacial score (nSPS) is 12.3. The molecule has 0 aliphatic carbocycles. The van der Waals surface area contributed by atoms with Crippen LogP contribution in [0.4, 0.5) is 0 Å². The van der Waals surface area contributed by atoms with E-state index in [4.69, 9.17) is 4.74 Å². The molecule has 6 heteroatoms. The maximum absolute atomic E-state index is 11.7. The summed E-state index contributed by atoms with van der Waals surface area (Å²) in [5, 5.41) is 0. The minimum Gasteiger partial charge on any atom is -0.357 e. The largest absolute Gasteiger partial charge is 0.357 e. The van der Waals surface area contributed by atoms with E-state index in [-0.39, 0.29) is 0 Å². The molecule has 18 heavy (non-hydrogen) atoms. The number of rotatable bonds is 3. The van der Waals surface area contributed by atoms with E-state index in [9.17, 15) is 9.59 Å². The van der Waals surface area contributed by atoms with Crippen molar-refractivity contribution in [3.63, 3.8) is 0 Å². The molecule has 1 N–H and O–H groups in total. The van der Waals surface area contributed by atoms with Gasteiger partial charge < -0.3 is 4.74 Å². The molecule has 0 spiro atoms. The summed E-state index contributed by atoms with van der Waals surface area (Å²) in [5.41, 5.74) is -0.141. The van der Waals surface area contributed by atoms with Crippen molar-refractivity contribution < 1.29 is 4.74 Å². The van der Waals surface area contributed by atoms with Crippen LogP contribution >= 0.6 is 15.9 Å². The molecule has 0 aliphatic rings. The molecule has 94 valence electrons. The second kappa shape index (κ2) is 5.32. The second-order valence-corrected chi connectivity index (χ2v) is 4.48. The van der Waals surface area contributed by atoms with Crippen molar-refractivity contribution in [2.24, 2.45) is 0 Å². The van der Waals surface area contributed by atoms with Gasteiger partial charge >= 0.3 is 5.69 Å². The minimum atomic E-state index is -0.593. The number of aromatic amines is 1. The Morgan fingerprint density at radius 3 is 2.61 bits per heavy atom. The van der Waals surface area contributed by atoms with Crippen LogP contribution in [0.25, 0.3) is 0 Å². The predicted octanol–water partition coefficient (Wildman–Crippen LogP) is 1.49. The number of hydrogen-bond donors (Lipinski definition) is 1. The molecule has 1 heterocycles.